The van der Waals surface area contributed by atoms with Gasteiger partial charge < -0.3 is 14.8 Å². The zero-order valence-corrected chi connectivity index (χ0v) is 18.4. The van der Waals surface area contributed by atoms with Gasteiger partial charge in [-0.25, -0.2) is 9.67 Å². The van der Waals surface area contributed by atoms with Crippen molar-refractivity contribution >= 4 is 11.6 Å². The van der Waals surface area contributed by atoms with Crippen LogP contribution < -0.4 is 14.8 Å². The van der Waals surface area contributed by atoms with Crippen LogP contribution in [0.3, 0.4) is 0 Å². The lowest BCUT2D eigenvalue weighted by molar-refractivity contribution is 0.101. The molecule has 0 fully saturated rings. The average Bonchev–Trinajstić information content (AvgIpc) is 3.27. The van der Waals surface area contributed by atoms with Gasteiger partial charge in [-0.1, -0.05) is 36.4 Å². The predicted molar refractivity (Wildman–Crippen MR) is 124 cm³/mol. The van der Waals surface area contributed by atoms with Crippen LogP contribution in [0.4, 0.5) is 5.69 Å². The molecule has 7 nitrogen and oxygen atoms in total. The second kappa shape index (κ2) is 8.93. The van der Waals surface area contributed by atoms with Crippen LogP contribution in [-0.4, -0.2) is 34.9 Å². The lowest BCUT2D eigenvalue weighted by Gasteiger charge is -2.10. The fourth-order valence-electron chi connectivity index (χ4n) is 3.31. The molecule has 0 saturated carbocycles. The van der Waals surface area contributed by atoms with Crippen molar-refractivity contribution in [2.45, 2.75) is 13.8 Å². The van der Waals surface area contributed by atoms with Gasteiger partial charge in [0.05, 0.1) is 25.6 Å². The Bertz CT molecular complexity index is 1270. The molecule has 0 unspecified atom stereocenters. The van der Waals surface area contributed by atoms with E-state index in [0.29, 0.717) is 23.0 Å². The van der Waals surface area contributed by atoms with Crippen molar-refractivity contribution in [3.8, 4) is 28.6 Å². The number of nitrogens with one attached hydrogen (secondary N) is 1. The number of ether oxygens (including phenoxy) is 2. The normalized spacial score (nSPS) is 10.6. The van der Waals surface area contributed by atoms with Crippen LogP contribution in [0, 0.1) is 13.8 Å². The molecular weight excluding hydrogens is 404 g/mol. The molecule has 3 aromatic carbocycles. The van der Waals surface area contributed by atoms with Crippen LogP contribution in [0.15, 0.2) is 66.7 Å². The summed E-state index contributed by atoms with van der Waals surface area (Å²) < 4.78 is 12.3. The zero-order chi connectivity index (χ0) is 22.7. The fourth-order valence-corrected chi connectivity index (χ4v) is 3.31. The maximum absolute atomic E-state index is 13.1. The molecule has 0 atom stereocenters. The van der Waals surface area contributed by atoms with Crippen LogP contribution in [-0.2, 0) is 0 Å². The quantitative estimate of drug-likeness (QED) is 0.476. The first-order valence-electron chi connectivity index (χ1n) is 10.1. The second-order valence-corrected chi connectivity index (χ2v) is 7.33. The number of carbonyl (C=O) groups is 1. The highest BCUT2D eigenvalue weighted by molar-refractivity contribution is 6.02. The Hall–Kier alpha value is -4.13. The first kappa shape index (κ1) is 21.1. The van der Waals surface area contributed by atoms with Crippen molar-refractivity contribution < 1.29 is 14.3 Å². The van der Waals surface area contributed by atoms with Gasteiger partial charge in [0, 0.05) is 11.6 Å². The highest BCUT2D eigenvalue weighted by Crippen LogP contribution is 2.29. The van der Waals surface area contributed by atoms with E-state index in [1.165, 1.54) is 12.7 Å². The van der Waals surface area contributed by atoms with Gasteiger partial charge in [0.2, 0.25) is 5.82 Å². The molecule has 0 aliphatic heterocycles. The molecule has 1 aromatic heterocycles. The summed E-state index contributed by atoms with van der Waals surface area (Å²) in [6.45, 7) is 4.10. The number of methoxy groups -OCH3 is 2. The Balaban J connectivity index is 1.76. The number of benzene rings is 3. The molecular formula is C25H24N4O3. The smallest absolute Gasteiger partial charge is 0.295 e. The first-order chi connectivity index (χ1) is 15.5. The molecule has 0 aliphatic rings. The molecule has 0 bridgehead atoms. The number of hydrogen-bond donors (Lipinski definition) is 1. The number of anilines is 1. The minimum absolute atomic E-state index is 0.0481. The molecule has 0 radical (unpaired) electrons. The summed E-state index contributed by atoms with van der Waals surface area (Å²) in [5, 5.41) is 7.38. The van der Waals surface area contributed by atoms with Crippen LogP contribution in [0.2, 0.25) is 0 Å². The standard InChI is InChI=1S/C25H24N4O3/c1-16-10-11-19(14-17(16)2)29-24(18-8-6-5-7-9-18)27-23(28-29)25(30)26-21-15-20(31-3)12-13-22(21)32-4/h5-15H,1-4H3,(H,26,30). The third-order valence-corrected chi connectivity index (χ3v) is 5.23. The summed E-state index contributed by atoms with van der Waals surface area (Å²) in [5.74, 6) is 1.29. The van der Waals surface area contributed by atoms with Crippen molar-refractivity contribution in [2.75, 3.05) is 19.5 Å². The number of amides is 1. The van der Waals surface area contributed by atoms with E-state index in [0.717, 1.165) is 16.8 Å². The fraction of sp³-hybridized carbons (Fsp3) is 0.160. The first-order valence-corrected chi connectivity index (χ1v) is 10.1. The van der Waals surface area contributed by atoms with Crippen molar-refractivity contribution in [3.63, 3.8) is 0 Å². The number of nitrogens with zero attached hydrogens (tertiary/aromatic N) is 3. The minimum atomic E-state index is -0.448. The van der Waals surface area contributed by atoms with Crippen LogP contribution in [0.25, 0.3) is 17.1 Å². The summed E-state index contributed by atoms with van der Waals surface area (Å²) in [6, 6.07) is 20.9. The van der Waals surface area contributed by atoms with Gasteiger partial charge >= 0.3 is 0 Å². The van der Waals surface area contributed by atoms with E-state index < -0.39 is 5.91 Å². The third-order valence-electron chi connectivity index (χ3n) is 5.23. The van der Waals surface area contributed by atoms with Gasteiger partial charge in [-0.3, -0.25) is 4.79 Å². The number of rotatable bonds is 6. The molecule has 162 valence electrons. The van der Waals surface area contributed by atoms with Crippen LogP contribution in [0.5, 0.6) is 11.5 Å². The maximum atomic E-state index is 13.1. The maximum Gasteiger partial charge on any atom is 0.295 e. The van der Waals surface area contributed by atoms with E-state index in [4.69, 9.17) is 9.47 Å². The van der Waals surface area contributed by atoms with E-state index in [9.17, 15) is 4.79 Å². The van der Waals surface area contributed by atoms with Crippen molar-refractivity contribution in [1.82, 2.24) is 14.8 Å². The lowest BCUT2D eigenvalue weighted by atomic mass is 10.1. The van der Waals surface area contributed by atoms with Gasteiger partial charge in [0.25, 0.3) is 5.91 Å². The Morgan fingerprint density at radius 3 is 2.38 bits per heavy atom. The highest BCUT2D eigenvalue weighted by Gasteiger charge is 2.20. The van der Waals surface area contributed by atoms with E-state index in [2.05, 4.69) is 22.3 Å². The molecule has 1 heterocycles. The summed E-state index contributed by atoms with van der Waals surface area (Å²) in [5.41, 5.74) is 4.47. The number of aromatic nitrogens is 3. The average molecular weight is 428 g/mol. The van der Waals surface area contributed by atoms with Gasteiger partial charge in [0.1, 0.15) is 11.5 Å². The van der Waals surface area contributed by atoms with E-state index >= 15 is 0 Å². The van der Waals surface area contributed by atoms with Crippen LogP contribution in [0.1, 0.15) is 21.7 Å². The Morgan fingerprint density at radius 2 is 1.69 bits per heavy atom. The molecule has 4 aromatic rings. The largest absolute Gasteiger partial charge is 0.497 e. The molecule has 1 amide bonds. The van der Waals surface area contributed by atoms with E-state index in [1.807, 2.05) is 55.5 Å². The van der Waals surface area contributed by atoms with Gasteiger partial charge in [0.15, 0.2) is 5.82 Å². The monoisotopic (exact) mass is 428 g/mol. The molecule has 32 heavy (non-hydrogen) atoms. The second-order valence-electron chi connectivity index (χ2n) is 7.33. The molecule has 0 spiro atoms. The van der Waals surface area contributed by atoms with E-state index in [-0.39, 0.29) is 5.82 Å². The van der Waals surface area contributed by atoms with Crippen molar-refractivity contribution in [3.05, 3.63) is 83.7 Å². The van der Waals surface area contributed by atoms with Crippen molar-refractivity contribution in [1.29, 1.82) is 0 Å². The topological polar surface area (TPSA) is 78.3 Å². The number of hydrogen-bond acceptors (Lipinski definition) is 5. The molecule has 0 aliphatic carbocycles. The van der Waals surface area contributed by atoms with Gasteiger partial charge in [-0.15, -0.1) is 5.10 Å². The summed E-state index contributed by atoms with van der Waals surface area (Å²) in [6.07, 6.45) is 0. The minimum Gasteiger partial charge on any atom is -0.497 e. The van der Waals surface area contributed by atoms with Crippen molar-refractivity contribution in [2.24, 2.45) is 0 Å². The molecule has 7 heteroatoms. The number of carbonyl (C=O) groups excluding carboxylic acids is 1. The molecule has 0 saturated heterocycles. The zero-order valence-electron chi connectivity index (χ0n) is 18.4. The summed E-state index contributed by atoms with van der Waals surface area (Å²) in [7, 11) is 3.10. The third kappa shape index (κ3) is 4.18. The Labute approximate surface area is 186 Å². The summed E-state index contributed by atoms with van der Waals surface area (Å²) >= 11 is 0. The summed E-state index contributed by atoms with van der Waals surface area (Å²) in [4.78, 5) is 17.7. The van der Waals surface area contributed by atoms with E-state index in [1.54, 1.807) is 30.0 Å². The molecule has 4 rings (SSSR count). The van der Waals surface area contributed by atoms with Gasteiger partial charge in [-0.2, -0.15) is 0 Å². The lowest BCUT2D eigenvalue weighted by Crippen LogP contribution is -2.15. The Kier molecular flexibility index (Phi) is 5.89. The highest BCUT2D eigenvalue weighted by atomic mass is 16.5. The number of aryl methyl sites for hydroxylation is 2. The molecule has 1 N–H and O–H groups in total. The Morgan fingerprint density at radius 1 is 0.906 bits per heavy atom. The predicted octanol–water partition coefficient (Wildman–Crippen LogP) is 4.82. The van der Waals surface area contributed by atoms with Gasteiger partial charge in [-0.05, 0) is 49.2 Å². The SMILES string of the molecule is COc1ccc(OC)c(NC(=O)c2nc(-c3ccccc3)n(-c3ccc(C)c(C)c3)n2)c1. The van der Waals surface area contributed by atoms with Crippen LogP contribution >= 0.6 is 0 Å².